The Morgan fingerprint density at radius 2 is 1.00 bits per heavy atom. The molecule has 0 saturated heterocycles. The van der Waals surface area contributed by atoms with E-state index in [1.54, 1.807) is 0 Å². The van der Waals surface area contributed by atoms with Crippen LogP contribution in [0, 0.1) is 0 Å². The maximum atomic E-state index is 6.24. The number of rotatable bonds is 3. The van der Waals surface area contributed by atoms with Crippen LogP contribution in [0.3, 0.4) is 0 Å². The Morgan fingerprint density at radius 1 is 0.373 bits per heavy atom. The van der Waals surface area contributed by atoms with Gasteiger partial charge in [-0.2, -0.15) is 0 Å². The fourth-order valence-electron chi connectivity index (χ4n) is 10.4. The van der Waals surface area contributed by atoms with E-state index in [9.17, 15) is 0 Å². The Labute approximate surface area is 345 Å². The smallest absolute Gasteiger partial charge is 0.136 e. The van der Waals surface area contributed by atoms with Crippen molar-refractivity contribution in [2.24, 2.45) is 0 Å². The van der Waals surface area contributed by atoms with Gasteiger partial charge in [-0.05, 0) is 136 Å². The fourth-order valence-corrected chi connectivity index (χ4v) is 11.5. The number of benzene rings is 10. The first-order valence-corrected chi connectivity index (χ1v) is 21.3. The van der Waals surface area contributed by atoms with Gasteiger partial charge >= 0.3 is 0 Å². The molecule has 12 aromatic rings. The Balaban J connectivity index is 0.941. The van der Waals surface area contributed by atoms with E-state index < -0.39 is 0 Å². The van der Waals surface area contributed by atoms with Crippen LogP contribution in [0.25, 0.3) is 119 Å². The van der Waals surface area contributed by atoms with Crippen LogP contribution < -0.4 is 0 Å². The summed E-state index contributed by atoms with van der Waals surface area (Å²) in [6, 6.07) is 67.7. The molecule has 2 aromatic heterocycles. The van der Waals surface area contributed by atoms with Crippen molar-refractivity contribution in [2.75, 3.05) is 0 Å². The first-order valence-electron chi connectivity index (χ1n) is 20.5. The number of hydrogen-bond donors (Lipinski definition) is 0. The van der Waals surface area contributed by atoms with Gasteiger partial charge in [0, 0.05) is 36.4 Å². The molecule has 2 heterocycles. The van der Waals surface area contributed by atoms with Gasteiger partial charge in [0.05, 0.1) is 0 Å². The molecule has 0 fully saturated rings. The van der Waals surface area contributed by atoms with Crippen molar-refractivity contribution >= 4 is 85.8 Å². The summed E-state index contributed by atoms with van der Waals surface area (Å²) < 4.78 is 8.86. The van der Waals surface area contributed by atoms with E-state index in [0.29, 0.717) is 0 Å². The average Bonchev–Trinajstić information content (AvgIpc) is 3.91. The van der Waals surface area contributed by atoms with Gasteiger partial charge < -0.3 is 4.42 Å². The molecule has 0 spiro atoms. The highest BCUT2D eigenvalue weighted by molar-refractivity contribution is 7.25. The predicted molar refractivity (Wildman–Crippen MR) is 253 cm³/mol. The van der Waals surface area contributed by atoms with Gasteiger partial charge in [0.15, 0.2) is 0 Å². The van der Waals surface area contributed by atoms with Crippen molar-refractivity contribution in [3.63, 3.8) is 0 Å². The van der Waals surface area contributed by atoms with E-state index in [4.69, 9.17) is 4.42 Å². The molecular weight excluding hydrogens is 733 g/mol. The zero-order chi connectivity index (χ0) is 39.0. The van der Waals surface area contributed by atoms with Crippen LogP contribution in [0.2, 0.25) is 0 Å². The summed E-state index contributed by atoms with van der Waals surface area (Å²) in [4.78, 5) is 0. The second-order valence-corrected chi connectivity index (χ2v) is 17.9. The molecule has 276 valence electrons. The standard InChI is InChI=1S/C57H36OS/c1-57(2)48-25-21-37(55-41-16-8-6-14-39(41)54(33-12-4-3-5-13-33)40-15-7-9-17-42(40)55)30-45(48)38-24-20-35(31-49(38)57)34-23-27-52-46(28-34)47-29-36-22-26-51-56(44(36)32-53(47)59-52)43-18-10-11-19-50(43)58-51/h3-32H,1-2H3. The molecule has 10 aromatic carbocycles. The quantitative estimate of drug-likeness (QED) is 0.163. The van der Waals surface area contributed by atoms with Gasteiger partial charge in [0.25, 0.3) is 0 Å². The van der Waals surface area contributed by atoms with Crippen LogP contribution in [0.4, 0.5) is 0 Å². The van der Waals surface area contributed by atoms with Crippen molar-refractivity contribution in [3.8, 4) is 44.5 Å². The van der Waals surface area contributed by atoms with E-state index in [-0.39, 0.29) is 5.41 Å². The van der Waals surface area contributed by atoms with Gasteiger partial charge in [-0.3, -0.25) is 0 Å². The highest BCUT2D eigenvalue weighted by atomic mass is 32.1. The molecule has 0 atom stereocenters. The number of hydrogen-bond acceptors (Lipinski definition) is 2. The second kappa shape index (κ2) is 12.0. The molecule has 59 heavy (non-hydrogen) atoms. The number of fused-ring (bicyclic) bond motifs is 13. The molecule has 0 radical (unpaired) electrons. The summed E-state index contributed by atoms with van der Waals surface area (Å²) in [5.74, 6) is 0. The third-order valence-corrected chi connectivity index (χ3v) is 14.4. The lowest BCUT2D eigenvalue weighted by atomic mass is 9.81. The minimum atomic E-state index is -0.138. The van der Waals surface area contributed by atoms with Crippen LogP contribution >= 0.6 is 11.3 Å². The lowest BCUT2D eigenvalue weighted by Crippen LogP contribution is -2.15. The molecule has 0 aliphatic heterocycles. The molecule has 0 bridgehead atoms. The summed E-state index contributed by atoms with van der Waals surface area (Å²) in [6.07, 6.45) is 0. The summed E-state index contributed by atoms with van der Waals surface area (Å²) >= 11 is 1.88. The Bertz CT molecular complexity index is 3690. The molecule has 1 aliphatic carbocycles. The van der Waals surface area contributed by atoms with Crippen LogP contribution in [0.5, 0.6) is 0 Å². The Morgan fingerprint density at radius 3 is 1.76 bits per heavy atom. The zero-order valence-electron chi connectivity index (χ0n) is 32.6. The minimum Gasteiger partial charge on any atom is -0.456 e. The van der Waals surface area contributed by atoms with Gasteiger partial charge in [-0.25, -0.2) is 0 Å². The SMILES string of the molecule is CC1(C)c2ccc(-c3c4ccccc4c(-c4ccccc4)c4ccccc34)cc2-c2ccc(-c3ccc4sc5cc6c(ccc7oc8ccccc8c76)cc5c4c3)cc21. The van der Waals surface area contributed by atoms with E-state index in [1.807, 2.05) is 17.4 Å². The molecule has 0 N–H and O–H groups in total. The van der Waals surface area contributed by atoms with Crippen molar-refractivity contribution in [1.29, 1.82) is 0 Å². The maximum absolute atomic E-state index is 6.24. The molecule has 1 aliphatic rings. The first kappa shape index (κ1) is 33.0. The Hall–Kier alpha value is -7.00. The molecular formula is C57H36OS. The van der Waals surface area contributed by atoms with Crippen molar-refractivity contribution in [2.45, 2.75) is 19.3 Å². The minimum absolute atomic E-state index is 0.138. The van der Waals surface area contributed by atoms with Gasteiger partial charge in [-0.15, -0.1) is 11.3 Å². The largest absolute Gasteiger partial charge is 0.456 e. The molecule has 0 unspecified atom stereocenters. The second-order valence-electron chi connectivity index (χ2n) is 16.8. The highest BCUT2D eigenvalue weighted by Gasteiger charge is 2.36. The number of furan rings is 1. The Kier molecular flexibility index (Phi) is 6.73. The van der Waals surface area contributed by atoms with Crippen molar-refractivity contribution in [3.05, 3.63) is 193 Å². The molecule has 13 rings (SSSR count). The number of para-hydroxylation sites is 1. The normalized spacial score (nSPS) is 13.4. The fraction of sp³-hybridized carbons (Fsp3) is 0.0526. The highest BCUT2D eigenvalue weighted by Crippen LogP contribution is 2.52. The van der Waals surface area contributed by atoms with Gasteiger partial charge in [0.2, 0.25) is 0 Å². The average molecular weight is 769 g/mol. The summed E-state index contributed by atoms with van der Waals surface area (Å²) in [7, 11) is 0. The third kappa shape index (κ3) is 4.67. The van der Waals surface area contributed by atoms with Gasteiger partial charge in [-0.1, -0.05) is 147 Å². The first-order chi connectivity index (χ1) is 29.0. The zero-order valence-corrected chi connectivity index (χ0v) is 33.5. The van der Waals surface area contributed by atoms with E-state index in [1.165, 1.54) is 119 Å². The topological polar surface area (TPSA) is 13.1 Å². The van der Waals surface area contributed by atoms with Gasteiger partial charge in [0.1, 0.15) is 11.2 Å². The molecule has 2 heteroatoms. The van der Waals surface area contributed by atoms with Crippen molar-refractivity contribution in [1.82, 2.24) is 0 Å². The maximum Gasteiger partial charge on any atom is 0.136 e. The van der Waals surface area contributed by atoms with E-state index in [0.717, 1.165) is 11.2 Å². The molecule has 0 saturated carbocycles. The molecule has 0 amide bonds. The molecule has 1 nitrogen and oxygen atoms in total. The monoisotopic (exact) mass is 768 g/mol. The number of thiophene rings is 1. The van der Waals surface area contributed by atoms with Crippen LogP contribution in [-0.4, -0.2) is 0 Å². The summed E-state index contributed by atoms with van der Waals surface area (Å²) in [6.45, 7) is 4.78. The van der Waals surface area contributed by atoms with Crippen LogP contribution in [0.1, 0.15) is 25.0 Å². The lowest BCUT2D eigenvalue weighted by Gasteiger charge is -2.22. The van der Waals surface area contributed by atoms with Crippen LogP contribution in [0.15, 0.2) is 186 Å². The summed E-state index contributed by atoms with van der Waals surface area (Å²) in [5, 5.41) is 12.6. The van der Waals surface area contributed by atoms with E-state index >= 15 is 0 Å². The van der Waals surface area contributed by atoms with E-state index in [2.05, 4.69) is 190 Å². The summed E-state index contributed by atoms with van der Waals surface area (Å²) in [5.41, 5.74) is 14.8. The lowest BCUT2D eigenvalue weighted by molar-refractivity contribution is 0.660. The van der Waals surface area contributed by atoms with Crippen molar-refractivity contribution < 1.29 is 4.42 Å². The predicted octanol–water partition coefficient (Wildman–Crippen LogP) is 16.7. The van der Waals surface area contributed by atoms with Crippen LogP contribution in [-0.2, 0) is 5.41 Å². The third-order valence-electron chi connectivity index (χ3n) is 13.2.